The van der Waals surface area contributed by atoms with Gasteiger partial charge < -0.3 is 10.6 Å². The van der Waals surface area contributed by atoms with Crippen LogP contribution in [0.15, 0.2) is 52.3 Å². The van der Waals surface area contributed by atoms with Gasteiger partial charge in [-0.25, -0.2) is 12.7 Å². The molecule has 0 saturated heterocycles. The first-order valence-corrected chi connectivity index (χ1v) is 10.6. The van der Waals surface area contributed by atoms with E-state index in [-0.39, 0.29) is 4.90 Å². The topological polar surface area (TPSA) is 61.4 Å². The van der Waals surface area contributed by atoms with Crippen LogP contribution in [0.1, 0.15) is 5.56 Å². The number of rotatable bonds is 5. The van der Waals surface area contributed by atoms with E-state index in [0.29, 0.717) is 10.8 Å². The van der Waals surface area contributed by atoms with Crippen molar-refractivity contribution < 1.29 is 8.42 Å². The summed E-state index contributed by atoms with van der Waals surface area (Å²) in [5.74, 6) is 0. The lowest BCUT2D eigenvalue weighted by Gasteiger charge is -2.16. The number of sulfonamides is 1. The lowest BCUT2D eigenvalue weighted by molar-refractivity contribution is 0.521. The number of aryl methyl sites for hydroxylation is 1. The number of nitrogens with one attached hydrogen (secondary N) is 2. The number of hydrogen-bond donors (Lipinski definition) is 2. The van der Waals surface area contributed by atoms with E-state index in [1.54, 1.807) is 30.0 Å². The van der Waals surface area contributed by atoms with E-state index in [2.05, 4.69) is 10.6 Å². The van der Waals surface area contributed by atoms with Gasteiger partial charge in [0.05, 0.1) is 10.6 Å². The Kier molecular flexibility index (Phi) is 6.45. The molecule has 0 heterocycles. The summed E-state index contributed by atoms with van der Waals surface area (Å²) in [6.07, 6.45) is 2.00. The number of thioether (sulfide) groups is 1. The summed E-state index contributed by atoms with van der Waals surface area (Å²) in [6, 6.07) is 12.8. The molecule has 2 aromatic carbocycles. The molecule has 2 aromatic rings. The second-order valence-corrected chi connectivity index (χ2v) is 8.95. The molecule has 5 nitrogen and oxygen atoms in total. The minimum Gasteiger partial charge on any atom is -0.332 e. The minimum absolute atomic E-state index is 0.220. The molecule has 0 unspecified atom stereocenters. The quantitative estimate of drug-likeness (QED) is 0.593. The van der Waals surface area contributed by atoms with Crippen molar-refractivity contribution in [1.82, 2.24) is 4.31 Å². The van der Waals surface area contributed by atoms with Gasteiger partial charge in [0.1, 0.15) is 0 Å². The zero-order valence-electron chi connectivity index (χ0n) is 14.5. The van der Waals surface area contributed by atoms with Gasteiger partial charge in [-0.1, -0.05) is 18.2 Å². The van der Waals surface area contributed by atoms with E-state index >= 15 is 0 Å². The Morgan fingerprint density at radius 3 is 2.36 bits per heavy atom. The number of thiocarbonyl (C=S) groups is 1. The highest BCUT2D eigenvalue weighted by atomic mass is 32.2. The maximum atomic E-state index is 12.3. The van der Waals surface area contributed by atoms with Crippen molar-refractivity contribution in [3.05, 3.63) is 48.0 Å². The highest BCUT2D eigenvalue weighted by molar-refractivity contribution is 7.98. The molecule has 0 aliphatic carbocycles. The molecule has 25 heavy (non-hydrogen) atoms. The summed E-state index contributed by atoms with van der Waals surface area (Å²) in [7, 11) is -0.480. The molecule has 0 spiro atoms. The summed E-state index contributed by atoms with van der Waals surface area (Å²) in [4.78, 5) is 1.30. The van der Waals surface area contributed by atoms with Crippen molar-refractivity contribution in [3.8, 4) is 0 Å². The van der Waals surface area contributed by atoms with Crippen molar-refractivity contribution in [3.63, 3.8) is 0 Å². The van der Waals surface area contributed by atoms with Crippen LogP contribution >= 0.6 is 24.0 Å². The highest BCUT2D eigenvalue weighted by Crippen LogP contribution is 2.26. The summed E-state index contributed by atoms with van der Waals surface area (Å²) in [6.45, 7) is 1.90. The third-order valence-electron chi connectivity index (χ3n) is 3.59. The van der Waals surface area contributed by atoms with Crippen LogP contribution in [0, 0.1) is 6.92 Å². The van der Waals surface area contributed by atoms with Gasteiger partial charge in [-0.05, 0) is 55.2 Å². The summed E-state index contributed by atoms with van der Waals surface area (Å²) >= 11 is 7.00. The molecule has 134 valence electrons. The normalized spacial score (nSPS) is 11.4. The monoisotopic (exact) mass is 395 g/mol. The van der Waals surface area contributed by atoms with Gasteiger partial charge in [0, 0.05) is 24.7 Å². The molecule has 0 atom stereocenters. The van der Waals surface area contributed by atoms with Crippen LogP contribution in [-0.4, -0.2) is 38.2 Å². The smallest absolute Gasteiger partial charge is 0.242 e. The molecule has 2 rings (SSSR count). The van der Waals surface area contributed by atoms with Gasteiger partial charge in [0.2, 0.25) is 10.0 Å². The fourth-order valence-corrected chi connectivity index (χ4v) is 3.83. The molecular weight excluding hydrogens is 374 g/mol. The summed E-state index contributed by atoms with van der Waals surface area (Å²) in [5.41, 5.74) is 2.46. The van der Waals surface area contributed by atoms with Gasteiger partial charge >= 0.3 is 0 Å². The number of para-hydroxylation sites is 1. The van der Waals surface area contributed by atoms with E-state index in [4.69, 9.17) is 12.2 Å². The first-order valence-electron chi connectivity index (χ1n) is 7.50. The van der Waals surface area contributed by atoms with E-state index in [1.165, 1.54) is 18.4 Å². The Balaban J connectivity index is 2.24. The predicted molar refractivity (Wildman–Crippen MR) is 110 cm³/mol. The maximum Gasteiger partial charge on any atom is 0.242 e. The van der Waals surface area contributed by atoms with Crippen LogP contribution < -0.4 is 10.6 Å². The fourth-order valence-electron chi connectivity index (χ4n) is 2.13. The summed E-state index contributed by atoms with van der Waals surface area (Å²) < 4.78 is 25.8. The fraction of sp³-hybridized carbons (Fsp3) is 0.235. The molecule has 0 bridgehead atoms. The largest absolute Gasteiger partial charge is 0.332 e. The number of nitrogens with zero attached hydrogens (tertiary/aromatic N) is 1. The molecule has 0 fully saturated rings. The van der Waals surface area contributed by atoms with E-state index in [1.807, 2.05) is 37.4 Å². The molecule has 0 saturated carbocycles. The molecular formula is C17H21N3O2S3. The standard InChI is InChI=1S/C17H21N3O2S3/c1-12-9-10-13(25(21,22)20(2)3)11-15(12)19-17(23)18-14-7-5-6-8-16(14)24-4/h5-11H,1-4H3,(H2,18,19,23). The van der Waals surface area contributed by atoms with Crippen molar-refractivity contribution in [2.24, 2.45) is 0 Å². The molecule has 0 amide bonds. The van der Waals surface area contributed by atoms with Gasteiger partial charge in [-0.15, -0.1) is 11.8 Å². The van der Waals surface area contributed by atoms with E-state index in [9.17, 15) is 8.42 Å². The van der Waals surface area contributed by atoms with Crippen LogP contribution in [0.5, 0.6) is 0 Å². The second-order valence-electron chi connectivity index (χ2n) is 5.54. The molecule has 0 aromatic heterocycles. The van der Waals surface area contributed by atoms with Gasteiger partial charge in [0.15, 0.2) is 5.11 Å². The molecule has 0 aliphatic heterocycles. The van der Waals surface area contributed by atoms with Crippen molar-refractivity contribution in [2.75, 3.05) is 31.0 Å². The Bertz CT molecular complexity index is 880. The van der Waals surface area contributed by atoms with E-state index < -0.39 is 10.0 Å². The van der Waals surface area contributed by atoms with Crippen molar-refractivity contribution >= 4 is 50.5 Å². The first kappa shape index (κ1) is 19.7. The van der Waals surface area contributed by atoms with Crippen LogP contribution in [0.25, 0.3) is 0 Å². The van der Waals surface area contributed by atoms with Gasteiger partial charge in [0.25, 0.3) is 0 Å². The SMILES string of the molecule is CSc1ccccc1NC(=S)Nc1cc(S(=O)(=O)N(C)C)ccc1C. The maximum absolute atomic E-state index is 12.3. The van der Waals surface area contributed by atoms with Crippen LogP contribution in [0.4, 0.5) is 11.4 Å². The lowest BCUT2D eigenvalue weighted by atomic mass is 10.2. The zero-order valence-corrected chi connectivity index (χ0v) is 17.0. The van der Waals surface area contributed by atoms with Crippen molar-refractivity contribution in [1.29, 1.82) is 0 Å². The average molecular weight is 396 g/mol. The first-order chi connectivity index (χ1) is 11.8. The van der Waals surface area contributed by atoms with Gasteiger partial charge in [-0.3, -0.25) is 0 Å². The number of benzene rings is 2. The highest BCUT2D eigenvalue weighted by Gasteiger charge is 2.18. The molecule has 0 radical (unpaired) electrons. The molecule has 0 aliphatic rings. The zero-order chi connectivity index (χ0) is 18.6. The molecule has 2 N–H and O–H groups in total. The second kappa shape index (κ2) is 8.18. The Hall–Kier alpha value is -1.61. The number of hydrogen-bond acceptors (Lipinski definition) is 4. The third-order valence-corrected chi connectivity index (χ3v) is 6.40. The third kappa shape index (κ3) is 4.72. The number of anilines is 2. The average Bonchev–Trinajstić information content (AvgIpc) is 2.57. The minimum atomic E-state index is -3.50. The lowest BCUT2D eigenvalue weighted by Crippen LogP contribution is -2.23. The Morgan fingerprint density at radius 2 is 1.72 bits per heavy atom. The van der Waals surface area contributed by atoms with Crippen molar-refractivity contribution in [2.45, 2.75) is 16.7 Å². The van der Waals surface area contributed by atoms with Crippen LogP contribution in [-0.2, 0) is 10.0 Å². The summed E-state index contributed by atoms with van der Waals surface area (Å²) in [5, 5.41) is 6.65. The molecule has 8 heteroatoms. The Labute approximate surface area is 158 Å². The Morgan fingerprint density at radius 1 is 1.08 bits per heavy atom. The van der Waals surface area contributed by atoms with E-state index in [0.717, 1.165) is 16.1 Å². The van der Waals surface area contributed by atoms with Gasteiger partial charge in [-0.2, -0.15) is 0 Å². The predicted octanol–water partition coefficient (Wildman–Crippen LogP) is 3.78. The van der Waals surface area contributed by atoms with Crippen LogP contribution in [0.3, 0.4) is 0 Å². The van der Waals surface area contributed by atoms with Crippen LogP contribution in [0.2, 0.25) is 0 Å².